The van der Waals surface area contributed by atoms with Gasteiger partial charge in [0.25, 0.3) is 0 Å². The van der Waals surface area contributed by atoms with Crippen molar-refractivity contribution < 1.29 is 0 Å². The third kappa shape index (κ3) is 7.56. The van der Waals surface area contributed by atoms with Crippen LogP contribution in [0.1, 0.15) is 34.6 Å². The Morgan fingerprint density at radius 1 is 0.531 bits per heavy atom. The van der Waals surface area contributed by atoms with Crippen LogP contribution in [0.25, 0.3) is 33.8 Å². The Morgan fingerprint density at radius 3 is 1.41 bits per heavy atom. The number of anilines is 6. The summed E-state index contributed by atoms with van der Waals surface area (Å²) in [4.78, 5) is 18.1. The number of aromatic nitrogens is 14. The second-order valence-electron chi connectivity index (χ2n) is 15.8. The van der Waals surface area contributed by atoms with Crippen LogP contribution >= 0.6 is 0 Å². The van der Waals surface area contributed by atoms with E-state index < -0.39 is 0 Å². The summed E-state index contributed by atoms with van der Waals surface area (Å²) in [6.07, 6.45) is 8.79. The van der Waals surface area contributed by atoms with Crippen LogP contribution in [0.5, 0.6) is 0 Å². The van der Waals surface area contributed by atoms with E-state index in [1.165, 1.54) is 11.1 Å². The molecule has 64 heavy (non-hydrogen) atoms. The Balaban J connectivity index is 0.000000143. The number of rotatable bonds is 10. The molecule has 4 N–H and O–H groups in total. The standard InChI is InChI=1S/2C23H21N9/c2*1-31-19(8-10-26-31)28-23-24-9-7-18(27-23)16-12-20-25-14-17(11-15-5-3-2-4-6-15)22-30-29-21(13-16)32(20)22/h2*2-10,12-13,17,25H,11,14H2,1H3,(H,24,27,28)/t2*17-/m10/s1. The molecule has 0 amide bonds. The van der Waals surface area contributed by atoms with Crippen molar-refractivity contribution in [2.24, 2.45) is 14.1 Å². The van der Waals surface area contributed by atoms with Gasteiger partial charge in [-0.3, -0.25) is 18.2 Å². The van der Waals surface area contributed by atoms with E-state index in [0.717, 1.165) is 94.7 Å². The molecule has 10 aromatic rings. The van der Waals surface area contributed by atoms with E-state index in [1.54, 1.807) is 34.2 Å². The van der Waals surface area contributed by atoms with Gasteiger partial charge in [0.2, 0.25) is 11.9 Å². The third-order valence-electron chi connectivity index (χ3n) is 11.5. The molecule has 2 aliphatic rings. The van der Waals surface area contributed by atoms with E-state index in [-0.39, 0.29) is 11.8 Å². The van der Waals surface area contributed by atoms with Crippen molar-refractivity contribution >= 4 is 46.5 Å². The Bertz CT molecular complexity index is 3020. The van der Waals surface area contributed by atoms with E-state index in [4.69, 9.17) is 0 Å². The lowest BCUT2D eigenvalue weighted by Gasteiger charge is -2.24. The van der Waals surface area contributed by atoms with E-state index in [1.807, 2.05) is 62.6 Å². The van der Waals surface area contributed by atoms with Crippen molar-refractivity contribution in [3.05, 3.63) is 157 Å². The molecule has 0 fully saturated rings. The lowest BCUT2D eigenvalue weighted by molar-refractivity contribution is 0.635. The zero-order valence-corrected chi connectivity index (χ0v) is 34.9. The zero-order chi connectivity index (χ0) is 43.0. The fourth-order valence-electron chi connectivity index (χ4n) is 8.31. The van der Waals surface area contributed by atoms with Gasteiger partial charge >= 0.3 is 0 Å². The molecule has 0 bridgehead atoms. The predicted octanol–water partition coefficient (Wildman–Crippen LogP) is 6.83. The Kier molecular flexibility index (Phi) is 9.83. The minimum Gasteiger partial charge on any atom is -0.370 e. The maximum Gasteiger partial charge on any atom is 0.228 e. The van der Waals surface area contributed by atoms with Crippen LogP contribution in [0, 0.1) is 0 Å². The molecular formula is C46H42N18. The molecule has 316 valence electrons. The number of hydrogen-bond donors (Lipinski definition) is 4. The molecule has 8 aromatic heterocycles. The quantitative estimate of drug-likeness (QED) is 0.112. The molecular weight excluding hydrogens is 805 g/mol. The first-order chi connectivity index (χ1) is 31.5. The Hall–Kier alpha value is -8.54. The molecule has 2 aromatic carbocycles. The van der Waals surface area contributed by atoms with E-state index >= 15 is 0 Å². The minimum absolute atomic E-state index is 0.263. The van der Waals surface area contributed by atoms with Crippen molar-refractivity contribution in [1.29, 1.82) is 0 Å². The highest BCUT2D eigenvalue weighted by Crippen LogP contribution is 2.34. The number of benzene rings is 2. The highest BCUT2D eigenvalue weighted by atomic mass is 15.3. The molecule has 12 rings (SSSR count). The van der Waals surface area contributed by atoms with Crippen molar-refractivity contribution in [1.82, 2.24) is 68.7 Å². The van der Waals surface area contributed by atoms with Gasteiger partial charge in [-0.1, -0.05) is 60.7 Å². The minimum atomic E-state index is 0.263. The molecule has 2 aliphatic heterocycles. The molecule has 0 saturated carbocycles. The largest absolute Gasteiger partial charge is 0.370 e. The van der Waals surface area contributed by atoms with Crippen molar-refractivity contribution in [3.8, 4) is 22.5 Å². The van der Waals surface area contributed by atoms with Gasteiger partial charge in [-0.15, -0.1) is 20.4 Å². The summed E-state index contributed by atoms with van der Waals surface area (Å²) < 4.78 is 7.69. The molecule has 0 saturated heterocycles. The first-order valence-electron chi connectivity index (χ1n) is 21.0. The fraction of sp³-hybridized carbons (Fsp3) is 0.174. The van der Waals surface area contributed by atoms with Gasteiger partial charge in [0.05, 0.1) is 23.8 Å². The van der Waals surface area contributed by atoms with Gasteiger partial charge < -0.3 is 21.3 Å². The highest BCUT2D eigenvalue weighted by Gasteiger charge is 2.27. The average Bonchev–Trinajstić information content (AvgIpc) is 4.16. The van der Waals surface area contributed by atoms with Gasteiger partial charge in [-0.25, -0.2) is 19.9 Å². The summed E-state index contributed by atoms with van der Waals surface area (Å²) in [6.45, 7) is 1.62. The summed E-state index contributed by atoms with van der Waals surface area (Å²) in [7, 11) is 3.73. The number of nitrogens with one attached hydrogen (secondary N) is 4. The summed E-state index contributed by atoms with van der Waals surface area (Å²) in [5.41, 5.74) is 7.72. The average molecular weight is 847 g/mol. The Morgan fingerprint density at radius 2 is 0.984 bits per heavy atom. The van der Waals surface area contributed by atoms with Gasteiger partial charge in [0.15, 0.2) is 11.3 Å². The summed E-state index contributed by atoms with van der Waals surface area (Å²) in [6, 6.07) is 36.8. The first kappa shape index (κ1) is 38.4. The van der Waals surface area contributed by atoms with Crippen LogP contribution in [0.4, 0.5) is 35.2 Å². The smallest absolute Gasteiger partial charge is 0.228 e. The molecule has 0 spiro atoms. The maximum atomic E-state index is 4.69. The summed E-state index contributed by atoms with van der Waals surface area (Å²) >= 11 is 0. The predicted molar refractivity (Wildman–Crippen MR) is 244 cm³/mol. The van der Waals surface area contributed by atoms with Crippen molar-refractivity contribution in [2.75, 3.05) is 34.4 Å². The summed E-state index contributed by atoms with van der Waals surface area (Å²) in [5, 5.41) is 39.9. The topological polar surface area (TPSA) is 196 Å². The number of hydrogen-bond acceptors (Lipinski definition) is 14. The monoisotopic (exact) mass is 846 g/mol. The van der Waals surface area contributed by atoms with Gasteiger partial charge in [0, 0.05) is 74.7 Å². The Labute approximate surface area is 366 Å². The zero-order valence-electron chi connectivity index (χ0n) is 34.9. The third-order valence-corrected chi connectivity index (χ3v) is 11.5. The number of aryl methyl sites for hydroxylation is 2. The first-order valence-corrected chi connectivity index (χ1v) is 21.0. The van der Waals surface area contributed by atoms with Gasteiger partial charge in [-0.2, -0.15) is 10.2 Å². The van der Waals surface area contributed by atoms with E-state index in [9.17, 15) is 0 Å². The maximum absolute atomic E-state index is 4.69. The van der Waals surface area contributed by atoms with Crippen molar-refractivity contribution in [2.45, 2.75) is 24.7 Å². The molecule has 0 aliphatic carbocycles. The van der Waals surface area contributed by atoms with Crippen molar-refractivity contribution in [3.63, 3.8) is 0 Å². The second kappa shape index (κ2) is 16.4. The van der Waals surface area contributed by atoms with Gasteiger partial charge in [0.1, 0.15) is 34.9 Å². The summed E-state index contributed by atoms with van der Waals surface area (Å²) in [5.74, 6) is 7.12. The number of pyridine rings is 2. The molecule has 18 heteroatoms. The molecule has 0 radical (unpaired) electrons. The van der Waals surface area contributed by atoms with Crippen LogP contribution in [0.3, 0.4) is 0 Å². The normalized spacial score (nSPS) is 15.0. The molecule has 10 heterocycles. The SMILES string of the molecule is Cn1nccc1Nc1nccc(-c2cc3n4c(nnc4c2)[C@@H](Cc2ccccc2)CN3)n1.Cn1nccc1Nc1nccc(-c2cc3n4c(nnc4c2)[C@H](Cc2ccccc2)CN3)n1. The van der Waals surface area contributed by atoms with Gasteiger partial charge in [-0.05, 0) is 60.4 Å². The molecule has 18 nitrogen and oxygen atoms in total. The molecule has 2 atom stereocenters. The lowest BCUT2D eigenvalue weighted by Crippen LogP contribution is -2.24. The van der Waals surface area contributed by atoms with Crippen LogP contribution in [-0.4, -0.2) is 81.8 Å². The van der Waals surface area contributed by atoms with Crippen LogP contribution < -0.4 is 21.3 Å². The van der Waals surface area contributed by atoms with Crippen LogP contribution in [0.2, 0.25) is 0 Å². The molecule has 0 unspecified atom stereocenters. The number of nitrogens with zero attached hydrogens (tertiary/aromatic N) is 14. The van der Waals surface area contributed by atoms with E-state index in [0.29, 0.717) is 11.9 Å². The van der Waals surface area contributed by atoms with Crippen LogP contribution in [-0.2, 0) is 26.9 Å². The fourth-order valence-corrected chi connectivity index (χ4v) is 8.31. The van der Waals surface area contributed by atoms with Crippen LogP contribution in [0.15, 0.2) is 134 Å². The lowest BCUT2D eigenvalue weighted by atomic mass is 9.97. The second-order valence-corrected chi connectivity index (χ2v) is 15.8. The highest BCUT2D eigenvalue weighted by molar-refractivity contribution is 5.72. The van der Waals surface area contributed by atoms with E-state index in [2.05, 4.69) is 141 Å².